The molecule has 6 nitrogen and oxygen atoms in total. The topological polar surface area (TPSA) is 79.7 Å². The highest BCUT2D eigenvalue weighted by molar-refractivity contribution is 5.80. The molecule has 25 heavy (non-hydrogen) atoms. The summed E-state index contributed by atoms with van der Waals surface area (Å²) in [6.07, 6.45) is 4.23. The van der Waals surface area contributed by atoms with E-state index in [9.17, 15) is 9.59 Å². The van der Waals surface area contributed by atoms with E-state index in [1.54, 1.807) is 17.3 Å². The Kier molecular flexibility index (Phi) is 5.28. The van der Waals surface area contributed by atoms with Crippen LogP contribution in [0.15, 0.2) is 48.8 Å². The molecule has 0 aliphatic carbocycles. The molecule has 0 bridgehead atoms. The number of pyridine rings is 1. The number of carbonyl (C=O) groups excluding carboxylic acids is 1. The van der Waals surface area contributed by atoms with Crippen molar-refractivity contribution < 1.29 is 19.4 Å². The van der Waals surface area contributed by atoms with Crippen LogP contribution in [0.1, 0.15) is 17.5 Å². The van der Waals surface area contributed by atoms with Crippen molar-refractivity contribution >= 4 is 11.9 Å². The number of carbonyl (C=O) groups is 2. The van der Waals surface area contributed by atoms with Gasteiger partial charge in [-0.3, -0.25) is 14.6 Å². The number of hydrogen-bond donors (Lipinski definition) is 1. The first-order valence-corrected chi connectivity index (χ1v) is 8.23. The Balaban J connectivity index is 1.56. The maximum atomic E-state index is 12.4. The lowest BCUT2D eigenvalue weighted by atomic mass is 10.1. The smallest absolute Gasteiger partial charge is 0.308 e. The van der Waals surface area contributed by atoms with Crippen molar-refractivity contribution in [3.8, 4) is 5.75 Å². The predicted molar refractivity (Wildman–Crippen MR) is 91.0 cm³/mol. The van der Waals surface area contributed by atoms with Crippen LogP contribution in [0, 0.1) is 5.92 Å². The number of rotatable bonds is 6. The molecule has 2 heterocycles. The van der Waals surface area contributed by atoms with Crippen LogP contribution in [0.4, 0.5) is 0 Å². The fraction of sp³-hybridized carbons (Fsp3) is 0.316. The van der Waals surface area contributed by atoms with Crippen molar-refractivity contribution in [2.45, 2.75) is 19.4 Å². The van der Waals surface area contributed by atoms with Crippen molar-refractivity contribution in [3.05, 3.63) is 59.9 Å². The average Bonchev–Trinajstić information content (AvgIpc) is 3.12. The van der Waals surface area contributed by atoms with Gasteiger partial charge in [0.2, 0.25) is 5.91 Å². The minimum atomic E-state index is -0.832. The summed E-state index contributed by atoms with van der Waals surface area (Å²) < 4.78 is 5.75. The summed E-state index contributed by atoms with van der Waals surface area (Å²) in [6.45, 7) is 1.22. The van der Waals surface area contributed by atoms with Gasteiger partial charge in [-0.1, -0.05) is 18.2 Å². The van der Waals surface area contributed by atoms with Crippen LogP contribution in [0.25, 0.3) is 0 Å². The highest BCUT2D eigenvalue weighted by Crippen LogP contribution is 2.19. The first-order chi connectivity index (χ1) is 12.1. The lowest BCUT2D eigenvalue weighted by Crippen LogP contribution is -2.31. The molecule has 1 unspecified atom stereocenters. The van der Waals surface area contributed by atoms with Gasteiger partial charge in [-0.05, 0) is 30.2 Å². The van der Waals surface area contributed by atoms with Gasteiger partial charge in [0.25, 0.3) is 0 Å². The number of likely N-dealkylation sites (tertiary alicyclic amines) is 1. The number of benzene rings is 1. The number of hydrogen-bond acceptors (Lipinski definition) is 4. The molecule has 1 saturated heterocycles. The van der Waals surface area contributed by atoms with E-state index < -0.39 is 11.9 Å². The zero-order valence-electron chi connectivity index (χ0n) is 13.8. The minimum Gasteiger partial charge on any atom is -0.489 e. The summed E-state index contributed by atoms with van der Waals surface area (Å²) in [5, 5.41) is 9.03. The minimum absolute atomic E-state index is 0.0480. The first-order valence-electron chi connectivity index (χ1n) is 8.23. The Hall–Kier alpha value is -2.89. The maximum Gasteiger partial charge on any atom is 0.308 e. The second kappa shape index (κ2) is 7.79. The molecular formula is C19H20N2O4. The third kappa shape index (κ3) is 4.56. The van der Waals surface area contributed by atoms with Crippen LogP contribution in [-0.4, -0.2) is 40.0 Å². The monoisotopic (exact) mass is 340 g/mol. The molecule has 0 saturated carbocycles. The summed E-state index contributed by atoms with van der Waals surface area (Å²) in [4.78, 5) is 29.0. The Morgan fingerprint density at radius 2 is 2.08 bits per heavy atom. The molecule has 0 radical (unpaired) electrons. The highest BCUT2D eigenvalue weighted by Gasteiger charge is 2.30. The van der Waals surface area contributed by atoms with Gasteiger partial charge in [-0.15, -0.1) is 0 Å². The lowest BCUT2D eigenvalue weighted by Gasteiger charge is -2.16. The predicted octanol–water partition coefficient (Wildman–Crippen LogP) is 2.14. The molecule has 1 aliphatic heterocycles. The van der Waals surface area contributed by atoms with Gasteiger partial charge in [0.1, 0.15) is 12.4 Å². The van der Waals surface area contributed by atoms with Crippen LogP contribution in [-0.2, 0) is 22.6 Å². The van der Waals surface area contributed by atoms with Crippen LogP contribution >= 0.6 is 0 Å². The second-order valence-corrected chi connectivity index (χ2v) is 6.14. The molecule has 1 N–H and O–H groups in total. The summed E-state index contributed by atoms with van der Waals surface area (Å²) in [7, 11) is 0. The normalized spacial score (nSPS) is 16.6. The molecule has 2 aromatic rings. The maximum absolute atomic E-state index is 12.4. The highest BCUT2D eigenvalue weighted by atomic mass is 16.5. The summed E-state index contributed by atoms with van der Waals surface area (Å²) >= 11 is 0. The Morgan fingerprint density at radius 1 is 1.24 bits per heavy atom. The van der Waals surface area contributed by atoms with E-state index in [1.165, 1.54) is 0 Å². The van der Waals surface area contributed by atoms with Crippen molar-refractivity contribution in [1.29, 1.82) is 0 Å². The largest absolute Gasteiger partial charge is 0.489 e. The Labute approximate surface area is 146 Å². The third-order valence-electron chi connectivity index (χ3n) is 4.27. The van der Waals surface area contributed by atoms with Gasteiger partial charge < -0.3 is 14.7 Å². The zero-order chi connectivity index (χ0) is 17.6. The van der Waals surface area contributed by atoms with E-state index >= 15 is 0 Å². The molecule has 1 aromatic carbocycles. The van der Waals surface area contributed by atoms with E-state index in [0.717, 1.165) is 11.1 Å². The first kappa shape index (κ1) is 17.0. The van der Waals surface area contributed by atoms with Gasteiger partial charge in [0.05, 0.1) is 12.3 Å². The van der Waals surface area contributed by atoms with Crippen LogP contribution in [0.5, 0.6) is 5.75 Å². The van der Waals surface area contributed by atoms with E-state index in [4.69, 9.17) is 9.84 Å². The number of amides is 1. The Bertz CT molecular complexity index is 748. The second-order valence-electron chi connectivity index (χ2n) is 6.14. The van der Waals surface area contributed by atoms with Crippen molar-refractivity contribution in [2.24, 2.45) is 5.92 Å². The SMILES string of the molecule is O=C(O)C1CCN(C(=O)Cc2cccc(OCc3cccnc3)c2)C1. The number of carboxylic acid groups (broad SMARTS) is 1. The van der Waals surface area contributed by atoms with E-state index in [0.29, 0.717) is 31.9 Å². The number of ether oxygens (including phenoxy) is 1. The van der Waals surface area contributed by atoms with Crippen molar-refractivity contribution in [1.82, 2.24) is 9.88 Å². The molecule has 3 rings (SSSR count). The molecule has 130 valence electrons. The standard InChI is InChI=1S/C19H20N2O4/c22-18(21-8-6-16(12-21)19(23)24)10-14-3-1-5-17(9-14)25-13-15-4-2-7-20-11-15/h1-5,7,9,11,16H,6,8,10,12-13H2,(H,23,24). The summed E-state index contributed by atoms with van der Waals surface area (Å²) in [6, 6.07) is 11.2. The fourth-order valence-corrected chi connectivity index (χ4v) is 2.87. The molecule has 6 heteroatoms. The number of aromatic nitrogens is 1. The molecule has 1 aliphatic rings. The van der Waals surface area contributed by atoms with Gasteiger partial charge in [0.15, 0.2) is 0 Å². The van der Waals surface area contributed by atoms with Gasteiger partial charge in [-0.2, -0.15) is 0 Å². The van der Waals surface area contributed by atoms with Gasteiger partial charge in [-0.25, -0.2) is 0 Å². The average molecular weight is 340 g/mol. The molecule has 1 atom stereocenters. The summed E-state index contributed by atoms with van der Waals surface area (Å²) in [5.41, 5.74) is 1.83. The zero-order valence-corrected chi connectivity index (χ0v) is 13.8. The van der Waals surface area contributed by atoms with Gasteiger partial charge in [0, 0.05) is 31.0 Å². The number of carboxylic acids is 1. The molecule has 0 spiro atoms. The quantitative estimate of drug-likeness (QED) is 0.871. The molecule has 1 amide bonds. The molecule has 1 fully saturated rings. The van der Waals surface area contributed by atoms with E-state index in [2.05, 4.69) is 4.98 Å². The Morgan fingerprint density at radius 3 is 2.80 bits per heavy atom. The van der Waals surface area contributed by atoms with E-state index in [-0.39, 0.29) is 12.3 Å². The third-order valence-corrected chi connectivity index (χ3v) is 4.27. The van der Waals surface area contributed by atoms with Gasteiger partial charge >= 0.3 is 5.97 Å². The number of aliphatic carboxylic acids is 1. The molecule has 1 aromatic heterocycles. The lowest BCUT2D eigenvalue weighted by molar-refractivity contribution is -0.141. The summed E-state index contributed by atoms with van der Waals surface area (Å²) in [5.74, 6) is -0.633. The molecular weight excluding hydrogens is 320 g/mol. The number of nitrogens with zero attached hydrogens (tertiary/aromatic N) is 2. The van der Waals surface area contributed by atoms with E-state index in [1.807, 2.05) is 36.4 Å². The van der Waals surface area contributed by atoms with Crippen LogP contribution < -0.4 is 4.74 Å². The van der Waals surface area contributed by atoms with Crippen molar-refractivity contribution in [3.63, 3.8) is 0 Å². The van der Waals surface area contributed by atoms with Crippen LogP contribution in [0.2, 0.25) is 0 Å². The van der Waals surface area contributed by atoms with Crippen LogP contribution in [0.3, 0.4) is 0 Å². The van der Waals surface area contributed by atoms with Crippen molar-refractivity contribution in [2.75, 3.05) is 13.1 Å². The fourth-order valence-electron chi connectivity index (χ4n) is 2.87.